The first-order valence-electron chi connectivity index (χ1n) is 6.02. The highest BCUT2D eigenvalue weighted by Gasteiger charge is 2.24. The van der Waals surface area contributed by atoms with Gasteiger partial charge in [-0.25, -0.2) is 4.79 Å². The number of rotatable bonds is 2. The molecule has 19 heavy (non-hydrogen) atoms. The van der Waals surface area contributed by atoms with Crippen LogP contribution in [0.25, 0.3) is 0 Å². The molecule has 0 bridgehead atoms. The maximum absolute atomic E-state index is 12.3. The maximum Gasteiger partial charge on any atom is 0.340 e. The predicted octanol–water partition coefficient (Wildman–Crippen LogP) is 3.75. The Morgan fingerprint density at radius 2 is 1.79 bits per heavy atom. The molecule has 1 fully saturated rings. The summed E-state index contributed by atoms with van der Waals surface area (Å²) in [6.07, 6.45) is 1.92. The first-order valence-corrected chi connectivity index (χ1v) is 9.25. The van der Waals surface area contributed by atoms with Crippen LogP contribution in [0.4, 0.5) is 0 Å². The first kappa shape index (κ1) is 16.2. The van der Waals surface area contributed by atoms with Gasteiger partial charge in [-0.05, 0) is 99.8 Å². The number of benzene rings is 1. The van der Waals surface area contributed by atoms with Crippen molar-refractivity contribution in [2.75, 3.05) is 20.1 Å². The lowest BCUT2D eigenvalue weighted by atomic mass is 10.1. The summed E-state index contributed by atoms with van der Waals surface area (Å²) in [4.78, 5) is 14.6. The van der Waals surface area contributed by atoms with Gasteiger partial charge in [-0.1, -0.05) is 0 Å². The van der Waals surface area contributed by atoms with Gasteiger partial charge in [-0.15, -0.1) is 0 Å². The van der Waals surface area contributed by atoms with E-state index in [9.17, 15) is 4.79 Å². The minimum absolute atomic E-state index is 0.0631. The monoisotopic (exact) mass is 597 g/mol. The van der Waals surface area contributed by atoms with Crippen LogP contribution in [-0.2, 0) is 4.74 Å². The molecule has 0 aliphatic carbocycles. The highest BCUT2D eigenvalue weighted by Crippen LogP contribution is 2.26. The number of halogens is 3. The molecule has 3 nitrogen and oxygen atoms in total. The summed E-state index contributed by atoms with van der Waals surface area (Å²) >= 11 is 6.67. The van der Waals surface area contributed by atoms with Crippen LogP contribution < -0.4 is 0 Å². The van der Waals surface area contributed by atoms with Crippen LogP contribution in [0.3, 0.4) is 0 Å². The van der Waals surface area contributed by atoms with Gasteiger partial charge >= 0.3 is 5.97 Å². The molecule has 2 rings (SSSR count). The number of ether oxygens (including phenoxy) is 1. The molecule has 1 aliphatic rings. The molecule has 0 atom stereocenters. The smallest absolute Gasteiger partial charge is 0.340 e. The molecule has 0 unspecified atom stereocenters. The topological polar surface area (TPSA) is 29.5 Å². The third-order valence-electron chi connectivity index (χ3n) is 3.19. The standard InChI is InChI=1S/C13H14I3NO2/c1-17-6-4-8(5-7-17)19-13(18)11-9(14)2-3-10(15)12(11)16/h2-3,8H,4-7H2,1H3. The second-order valence-electron chi connectivity index (χ2n) is 4.63. The zero-order valence-electron chi connectivity index (χ0n) is 10.5. The Kier molecular flexibility index (Phi) is 6.15. The van der Waals surface area contributed by atoms with E-state index in [1.807, 2.05) is 12.1 Å². The van der Waals surface area contributed by atoms with Gasteiger partial charge in [-0.2, -0.15) is 0 Å². The normalized spacial score (nSPS) is 17.5. The van der Waals surface area contributed by atoms with Gasteiger partial charge in [0.05, 0.1) is 5.56 Å². The van der Waals surface area contributed by atoms with Crippen molar-refractivity contribution >= 4 is 73.7 Å². The van der Waals surface area contributed by atoms with E-state index in [-0.39, 0.29) is 12.1 Å². The molecule has 104 valence electrons. The molecule has 0 spiro atoms. The third-order valence-corrected chi connectivity index (χ3v) is 7.14. The molecule has 6 heteroatoms. The summed E-state index contributed by atoms with van der Waals surface area (Å²) in [5.41, 5.74) is 0.715. The molecular weight excluding hydrogens is 583 g/mol. The molecule has 1 heterocycles. The molecule has 0 N–H and O–H groups in total. The van der Waals surface area contributed by atoms with Crippen LogP contribution >= 0.6 is 67.8 Å². The van der Waals surface area contributed by atoms with Crippen LogP contribution in [0.2, 0.25) is 0 Å². The van der Waals surface area contributed by atoms with E-state index in [4.69, 9.17) is 4.74 Å². The van der Waals surface area contributed by atoms with Gasteiger partial charge in [0.1, 0.15) is 6.10 Å². The van der Waals surface area contributed by atoms with Crippen molar-refractivity contribution in [3.8, 4) is 0 Å². The fourth-order valence-electron chi connectivity index (χ4n) is 2.03. The lowest BCUT2D eigenvalue weighted by molar-refractivity contribution is 0.0137. The molecule has 0 aromatic heterocycles. The Labute approximate surface area is 154 Å². The van der Waals surface area contributed by atoms with Gasteiger partial charge in [-0.3, -0.25) is 0 Å². The van der Waals surface area contributed by atoms with Crippen molar-refractivity contribution in [1.82, 2.24) is 4.90 Å². The van der Waals surface area contributed by atoms with Crippen LogP contribution in [-0.4, -0.2) is 37.1 Å². The van der Waals surface area contributed by atoms with Gasteiger partial charge in [0.2, 0.25) is 0 Å². The number of hydrogen-bond acceptors (Lipinski definition) is 3. The largest absolute Gasteiger partial charge is 0.459 e. The number of likely N-dealkylation sites (tertiary alicyclic amines) is 1. The third kappa shape index (κ3) is 4.16. The highest BCUT2D eigenvalue weighted by molar-refractivity contribution is 14.1. The second-order valence-corrected chi connectivity index (χ2v) is 8.03. The Morgan fingerprint density at radius 3 is 2.42 bits per heavy atom. The van der Waals surface area contributed by atoms with E-state index in [0.717, 1.165) is 36.6 Å². The quantitative estimate of drug-likeness (QED) is 0.296. The molecule has 1 aromatic carbocycles. The molecular formula is C13H14I3NO2. The number of hydrogen-bond donors (Lipinski definition) is 0. The summed E-state index contributed by atoms with van der Waals surface area (Å²) in [6, 6.07) is 3.99. The molecule has 1 saturated heterocycles. The first-order chi connectivity index (χ1) is 8.99. The Bertz CT molecular complexity index is 485. The van der Waals surface area contributed by atoms with E-state index >= 15 is 0 Å². The number of nitrogens with zero attached hydrogens (tertiary/aromatic N) is 1. The summed E-state index contributed by atoms with van der Waals surface area (Å²) in [6.45, 7) is 2.00. The van der Waals surface area contributed by atoms with Crippen molar-refractivity contribution in [2.45, 2.75) is 18.9 Å². The van der Waals surface area contributed by atoms with Crippen molar-refractivity contribution in [3.63, 3.8) is 0 Å². The maximum atomic E-state index is 12.3. The molecule has 0 radical (unpaired) electrons. The SMILES string of the molecule is CN1CCC(OC(=O)c2c(I)ccc(I)c2I)CC1. The van der Waals surface area contributed by atoms with Crippen molar-refractivity contribution in [3.05, 3.63) is 28.4 Å². The van der Waals surface area contributed by atoms with E-state index in [1.54, 1.807) is 0 Å². The van der Waals surface area contributed by atoms with E-state index < -0.39 is 0 Å². The lowest BCUT2D eigenvalue weighted by Gasteiger charge is -2.28. The van der Waals surface area contributed by atoms with Gasteiger partial charge in [0, 0.05) is 23.8 Å². The molecule has 1 aliphatic heterocycles. The second kappa shape index (κ2) is 7.21. The Balaban J connectivity index is 2.10. The fraction of sp³-hybridized carbons (Fsp3) is 0.462. The van der Waals surface area contributed by atoms with Crippen molar-refractivity contribution in [1.29, 1.82) is 0 Å². The van der Waals surface area contributed by atoms with Crippen LogP contribution in [0.5, 0.6) is 0 Å². The number of piperidine rings is 1. The predicted molar refractivity (Wildman–Crippen MR) is 101 cm³/mol. The molecule has 1 aromatic rings. The Morgan fingerprint density at radius 1 is 1.21 bits per heavy atom. The minimum atomic E-state index is -0.179. The number of esters is 1. The van der Waals surface area contributed by atoms with Crippen molar-refractivity contribution in [2.24, 2.45) is 0 Å². The molecule has 0 saturated carbocycles. The van der Waals surface area contributed by atoms with E-state index in [2.05, 4.69) is 79.7 Å². The van der Waals surface area contributed by atoms with E-state index in [0.29, 0.717) is 5.56 Å². The number of carbonyl (C=O) groups is 1. The zero-order valence-corrected chi connectivity index (χ0v) is 16.9. The minimum Gasteiger partial charge on any atom is -0.459 e. The van der Waals surface area contributed by atoms with Gasteiger partial charge < -0.3 is 9.64 Å². The van der Waals surface area contributed by atoms with Crippen LogP contribution in [0.15, 0.2) is 12.1 Å². The van der Waals surface area contributed by atoms with Gasteiger partial charge in [0.15, 0.2) is 0 Å². The average Bonchev–Trinajstić information content (AvgIpc) is 2.37. The van der Waals surface area contributed by atoms with Crippen molar-refractivity contribution < 1.29 is 9.53 Å². The zero-order chi connectivity index (χ0) is 14.0. The van der Waals surface area contributed by atoms with Gasteiger partial charge in [0.25, 0.3) is 0 Å². The Hall–Kier alpha value is 0.840. The molecule has 0 amide bonds. The summed E-state index contributed by atoms with van der Waals surface area (Å²) in [5.74, 6) is -0.179. The summed E-state index contributed by atoms with van der Waals surface area (Å²) in [5, 5.41) is 0. The summed E-state index contributed by atoms with van der Waals surface area (Å²) in [7, 11) is 2.10. The average molecular weight is 597 g/mol. The summed E-state index contributed by atoms with van der Waals surface area (Å²) < 4.78 is 8.70. The van der Waals surface area contributed by atoms with Crippen LogP contribution in [0, 0.1) is 10.7 Å². The fourth-order valence-corrected chi connectivity index (χ4v) is 4.35. The van der Waals surface area contributed by atoms with Crippen LogP contribution in [0.1, 0.15) is 23.2 Å². The lowest BCUT2D eigenvalue weighted by Crippen LogP contribution is -2.35. The van der Waals surface area contributed by atoms with E-state index in [1.165, 1.54) is 0 Å². The number of carbonyl (C=O) groups excluding carboxylic acids is 1. The highest BCUT2D eigenvalue weighted by atomic mass is 127.